The maximum Gasteiger partial charge on any atom is 0.197 e. The zero-order valence-electron chi connectivity index (χ0n) is 19.9. The highest BCUT2D eigenvalue weighted by atomic mass is 79.9. The largest absolute Gasteiger partial charge is 0.464 e. The molecule has 0 bridgehead atoms. The van der Waals surface area contributed by atoms with Crippen LogP contribution in [0.1, 0.15) is 50.6 Å². The van der Waals surface area contributed by atoms with Crippen molar-refractivity contribution in [2.75, 3.05) is 24.6 Å². The first-order valence-electron chi connectivity index (χ1n) is 12.4. The van der Waals surface area contributed by atoms with Gasteiger partial charge in [0.25, 0.3) is 0 Å². The van der Waals surface area contributed by atoms with Crippen LogP contribution in [-0.4, -0.2) is 47.0 Å². The van der Waals surface area contributed by atoms with E-state index >= 15 is 0 Å². The van der Waals surface area contributed by atoms with Crippen LogP contribution in [0.4, 0.5) is 5.69 Å². The van der Waals surface area contributed by atoms with Gasteiger partial charge >= 0.3 is 0 Å². The average molecular weight is 539 g/mol. The lowest BCUT2D eigenvalue weighted by Crippen LogP contribution is -2.28. The third-order valence-electron chi connectivity index (χ3n) is 7.21. The molecule has 1 aliphatic carbocycles. The highest BCUT2D eigenvalue weighted by molar-refractivity contribution is 9.10. The molecule has 1 aliphatic heterocycles. The predicted octanol–water partition coefficient (Wildman–Crippen LogP) is 5.41. The van der Waals surface area contributed by atoms with E-state index in [9.17, 15) is 10.4 Å². The Balaban J connectivity index is 1.23. The highest BCUT2D eigenvalue weighted by Gasteiger charge is 2.28. The monoisotopic (exact) mass is 538 g/mol. The number of rotatable bonds is 7. The first-order chi connectivity index (χ1) is 17.0. The predicted molar refractivity (Wildman–Crippen MR) is 138 cm³/mol. The van der Waals surface area contributed by atoms with Gasteiger partial charge in [-0.05, 0) is 85.1 Å². The van der Waals surface area contributed by atoms with Crippen LogP contribution in [0.2, 0.25) is 0 Å². The second kappa shape index (κ2) is 10.6. The van der Waals surface area contributed by atoms with Crippen molar-refractivity contribution < 1.29 is 14.6 Å². The molecule has 184 valence electrons. The van der Waals surface area contributed by atoms with Gasteiger partial charge in [-0.15, -0.1) is 0 Å². The molecule has 1 N–H and O–H groups in total. The molecule has 5 rings (SSSR count). The fourth-order valence-corrected chi connectivity index (χ4v) is 5.88. The molecule has 1 saturated heterocycles. The lowest BCUT2D eigenvalue weighted by molar-refractivity contribution is -0.0998. The Bertz CT molecular complexity index is 1210. The molecule has 2 aliphatic rings. The minimum absolute atomic E-state index is 0.0427. The molecule has 2 heterocycles. The molecule has 0 spiro atoms. The number of ether oxygens (including phenoxy) is 2. The number of nitrogens with zero attached hydrogens (tertiary/aromatic N) is 4. The van der Waals surface area contributed by atoms with Gasteiger partial charge in [0.15, 0.2) is 6.29 Å². The van der Waals surface area contributed by atoms with E-state index in [1.165, 1.54) is 0 Å². The topological polar surface area (TPSA) is 83.5 Å². The van der Waals surface area contributed by atoms with E-state index in [-0.39, 0.29) is 6.10 Å². The number of halogens is 1. The summed E-state index contributed by atoms with van der Waals surface area (Å²) in [6.07, 6.45) is 6.91. The van der Waals surface area contributed by atoms with Crippen LogP contribution >= 0.6 is 15.9 Å². The zero-order valence-corrected chi connectivity index (χ0v) is 21.5. The van der Waals surface area contributed by atoms with Crippen LogP contribution in [0, 0.1) is 17.2 Å². The molecule has 35 heavy (non-hydrogen) atoms. The van der Waals surface area contributed by atoms with Gasteiger partial charge in [0.1, 0.15) is 11.8 Å². The van der Waals surface area contributed by atoms with E-state index < -0.39 is 6.29 Å². The Kier molecular flexibility index (Phi) is 7.28. The summed E-state index contributed by atoms with van der Waals surface area (Å²) >= 11 is 3.78. The summed E-state index contributed by atoms with van der Waals surface area (Å²) in [6.45, 7) is 3.83. The number of nitriles is 1. The summed E-state index contributed by atoms with van der Waals surface area (Å²) in [6, 6.07) is 14.1. The number of hydrogen-bond donors (Lipinski definition) is 1. The minimum Gasteiger partial charge on any atom is -0.464 e. The summed E-state index contributed by atoms with van der Waals surface area (Å²) in [4.78, 5) is 2.33. The minimum atomic E-state index is -0.447. The summed E-state index contributed by atoms with van der Waals surface area (Å²) in [5.74, 6) is 0.988. The van der Waals surface area contributed by atoms with Gasteiger partial charge in [0.2, 0.25) is 0 Å². The zero-order chi connectivity index (χ0) is 24.4. The Hall–Kier alpha value is -2.60. The fraction of sp³-hybridized carbons (Fsp3) is 0.481. The number of anilines is 1. The molecule has 1 saturated carbocycles. The van der Waals surface area contributed by atoms with E-state index in [1.54, 1.807) is 12.1 Å². The van der Waals surface area contributed by atoms with Gasteiger partial charge in [-0.2, -0.15) is 10.4 Å². The molecule has 3 aromatic rings. The van der Waals surface area contributed by atoms with Crippen molar-refractivity contribution in [3.63, 3.8) is 0 Å². The Labute approximate surface area is 214 Å². The van der Waals surface area contributed by atoms with Gasteiger partial charge in [0, 0.05) is 35.8 Å². The van der Waals surface area contributed by atoms with E-state index in [2.05, 4.69) is 49.9 Å². The lowest BCUT2D eigenvalue weighted by Gasteiger charge is -2.27. The smallest absolute Gasteiger partial charge is 0.197 e. The molecular weight excluding hydrogens is 508 g/mol. The summed E-state index contributed by atoms with van der Waals surface area (Å²) < 4.78 is 15.2. The van der Waals surface area contributed by atoms with Crippen molar-refractivity contribution in [1.29, 1.82) is 5.26 Å². The van der Waals surface area contributed by atoms with E-state index in [0.29, 0.717) is 29.9 Å². The third-order valence-corrected chi connectivity index (χ3v) is 7.84. The SMILES string of the molecule is CC(Oc1ccccc1C#N)O[C@H]1CCN(c2cc3nn(C4CCC(CO)CC4)cc3cc2Br)C1. The molecule has 0 radical (unpaired) electrons. The number of benzene rings is 2. The number of aliphatic hydroxyl groups excluding tert-OH is 1. The molecule has 7 nitrogen and oxygen atoms in total. The number of fused-ring (bicyclic) bond motifs is 1. The van der Waals surface area contributed by atoms with Crippen LogP contribution < -0.4 is 9.64 Å². The first kappa shape index (κ1) is 24.1. The van der Waals surface area contributed by atoms with Crippen LogP contribution in [-0.2, 0) is 4.74 Å². The fourth-order valence-electron chi connectivity index (χ4n) is 5.27. The molecule has 2 atom stereocenters. The third kappa shape index (κ3) is 5.32. The van der Waals surface area contributed by atoms with E-state index in [1.807, 2.05) is 19.1 Å². The first-order valence-corrected chi connectivity index (χ1v) is 13.2. The molecular formula is C27H31BrN4O3. The number of aromatic nitrogens is 2. The Morgan fingerprint density at radius 2 is 2.00 bits per heavy atom. The van der Waals surface area contributed by atoms with Crippen LogP contribution in [0.5, 0.6) is 5.75 Å². The van der Waals surface area contributed by atoms with Crippen LogP contribution in [0.25, 0.3) is 10.9 Å². The number of hydrogen-bond acceptors (Lipinski definition) is 6. The maximum atomic E-state index is 9.42. The Morgan fingerprint density at radius 1 is 1.20 bits per heavy atom. The molecule has 1 unspecified atom stereocenters. The number of para-hydroxylation sites is 1. The Morgan fingerprint density at radius 3 is 2.77 bits per heavy atom. The van der Waals surface area contributed by atoms with Crippen LogP contribution in [0.3, 0.4) is 0 Å². The normalized spacial score (nSPS) is 23.4. The quantitative estimate of drug-likeness (QED) is 0.404. The number of aliphatic hydroxyl groups is 1. The van der Waals surface area contributed by atoms with E-state index in [0.717, 1.165) is 66.3 Å². The van der Waals surface area contributed by atoms with Crippen molar-refractivity contribution in [1.82, 2.24) is 9.78 Å². The molecule has 0 amide bonds. The van der Waals surface area contributed by atoms with Crippen molar-refractivity contribution in [2.45, 2.75) is 57.5 Å². The molecule has 2 fully saturated rings. The van der Waals surface area contributed by atoms with Crippen molar-refractivity contribution in [2.24, 2.45) is 5.92 Å². The van der Waals surface area contributed by atoms with Crippen molar-refractivity contribution in [3.05, 3.63) is 52.6 Å². The second-order valence-corrected chi connectivity index (χ2v) is 10.5. The average Bonchev–Trinajstić information content (AvgIpc) is 3.50. The van der Waals surface area contributed by atoms with E-state index in [4.69, 9.17) is 14.6 Å². The van der Waals surface area contributed by atoms with Gasteiger partial charge in [0.05, 0.1) is 28.9 Å². The van der Waals surface area contributed by atoms with Crippen LogP contribution in [0.15, 0.2) is 47.1 Å². The second-order valence-electron chi connectivity index (χ2n) is 9.61. The summed E-state index contributed by atoms with van der Waals surface area (Å²) in [5, 5.41) is 24.8. The molecule has 1 aromatic heterocycles. The summed E-state index contributed by atoms with van der Waals surface area (Å²) in [7, 11) is 0. The molecule has 8 heteroatoms. The van der Waals surface area contributed by atoms with Gasteiger partial charge in [-0.1, -0.05) is 12.1 Å². The lowest BCUT2D eigenvalue weighted by atomic mass is 9.87. The van der Waals surface area contributed by atoms with Gasteiger partial charge in [-0.3, -0.25) is 4.68 Å². The molecule has 2 aromatic carbocycles. The summed E-state index contributed by atoms with van der Waals surface area (Å²) in [5.41, 5.74) is 2.64. The maximum absolute atomic E-state index is 9.42. The highest BCUT2D eigenvalue weighted by Crippen LogP contribution is 2.36. The standard InChI is InChI=1S/C27H31BrN4O3/c1-18(35-27-5-3-2-4-20(27)14-29)34-23-10-11-31(16-23)26-13-25-21(12-24(26)28)15-32(30-25)22-8-6-19(17-33)7-9-22/h2-5,12-13,15,18-19,22-23,33H,6-11,16-17H2,1H3/t18?,19?,22?,23-/m0/s1. The van der Waals surface area contributed by atoms with Crippen molar-refractivity contribution in [3.8, 4) is 11.8 Å². The van der Waals surface area contributed by atoms with Crippen molar-refractivity contribution >= 4 is 32.5 Å². The van der Waals surface area contributed by atoms with Gasteiger partial charge in [-0.25, -0.2) is 0 Å². The van der Waals surface area contributed by atoms with Gasteiger partial charge < -0.3 is 19.5 Å².